The summed E-state index contributed by atoms with van der Waals surface area (Å²) in [6, 6.07) is 0. The van der Waals surface area contributed by atoms with Crippen LogP contribution in [0.4, 0.5) is 0 Å². The van der Waals surface area contributed by atoms with Crippen LogP contribution in [0.1, 0.15) is 41.9 Å². The predicted molar refractivity (Wildman–Crippen MR) is 69.9 cm³/mol. The molecule has 2 heterocycles. The van der Waals surface area contributed by atoms with Crippen LogP contribution >= 0.6 is 0 Å². The van der Waals surface area contributed by atoms with Gasteiger partial charge in [-0.2, -0.15) is 5.10 Å². The fraction of sp³-hybridized carbons (Fsp3) is 0.667. The van der Waals surface area contributed by atoms with Crippen LogP contribution in [0.25, 0.3) is 0 Å². The topological polar surface area (TPSA) is 78.3 Å². The van der Waals surface area contributed by atoms with Gasteiger partial charge in [0.2, 0.25) is 0 Å². The highest BCUT2D eigenvalue weighted by Crippen LogP contribution is 2.29. The second kappa shape index (κ2) is 5.83. The van der Waals surface area contributed by atoms with Crippen molar-refractivity contribution in [3.63, 3.8) is 0 Å². The second-order valence-electron chi connectivity index (χ2n) is 4.59. The summed E-state index contributed by atoms with van der Waals surface area (Å²) in [5.41, 5.74) is 1.11. The van der Waals surface area contributed by atoms with E-state index in [0.29, 0.717) is 17.9 Å². The molecule has 19 heavy (non-hydrogen) atoms. The molecular formula is C12H18N2O4S. The van der Waals surface area contributed by atoms with Crippen molar-refractivity contribution in [2.24, 2.45) is 0 Å². The highest BCUT2D eigenvalue weighted by atomic mass is 32.2. The summed E-state index contributed by atoms with van der Waals surface area (Å²) in [6.07, 6.45) is 4.01. The lowest BCUT2D eigenvalue weighted by molar-refractivity contribution is 0.103. The maximum atomic E-state index is 11.5. The molecule has 1 saturated heterocycles. The highest BCUT2D eigenvalue weighted by molar-refractivity contribution is 7.91. The third-order valence-electron chi connectivity index (χ3n) is 3.25. The zero-order valence-corrected chi connectivity index (χ0v) is 11.7. The number of aldehydes is 1. The van der Waals surface area contributed by atoms with Crippen molar-refractivity contribution in [3.8, 4) is 0 Å². The Kier molecular flexibility index (Phi) is 4.36. The largest absolute Gasteiger partial charge is 0.372 e. The van der Waals surface area contributed by atoms with Gasteiger partial charge in [0.25, 0.3) is 0 Å². The highest BCUT2D eigenvalue weighted by Gasteiger charge is 2.24. The van der Waals surface area contributed by atoms with E-state index in [1.165, 1.54) is 4.68 Å². The third-order valence-corrected chi connectivity index (χ3v) is 4.94. The molecule has 0 spiro atoms. The average Bonchev–Trinajstić information content (AvgIpc) is 3.05. The van der Waals surface area contributed by atoms with Gasteiger partial charge in [0.05, 0.1) is 17.9 Å². The number of carbonyl (C=O) groups is 1. The molecule has 1 fully saturated rings. The van der Waals surface area contributed by atoms with E-state index >= 15 is 0 Å². The van der Waals surface area contributed by atoms with Crippen molar-refractivity contribution >= 4 is 16.1 Å². The molecule has 1 unspecified atom stereocenters. The molecule has 6 nitrogen and oxygen atoms in total. The molecule has 0 N–H and O–H groups in total. The number of hydrogen-bond acceptors (Lipinski definition) is 5. The van der Waals surface area contributed by atoms with E-state index in [-0.39, 0.29) is 24.2 Å². The van der Waals surface area contributed by atoms with E-state index in [1.54, 1.807) is 13.1 Å². The number of aryl methyl sites for hydroxylation is 1. The average molecular weight is 286 g/mol. The quantitative estimate of drug-likeness (QED) is 0.728. The van der Waals surface area contributed by atoms with Crippen molar-refractivity contribution < 1.29 is 17.9 Å². The molecule has 0 amide bonds. The summed E-state index contributed by atoms with van der Waals surface area (Å²) >= 11 is 0. The van der Waals surface area contributed by atoms with Gasteiger partial charge in [-0.05, 0) is 12.8 Å². The monoisotopic (exact) mass is 286 g/mol. The van der Waals surface area contributed by atoms with E-state index in [2.05, 4.69) is 5.10 Å². The van der Waals surface area contributed by atoms with E-state index in [9.17, 15) is 13.2 Å². The maximum absolute atomic E-state index is 11.5. The smallest absolute Gasteiger partial charge is 0.153 e. The second-order valence-corrected chi connectivity index (χ2v) is 7.06. The van der Waals surface area contributed by atoms with Crippen LogP contribution in [0.2, 0.25) is 0 Å². The Labute approximate surface area is 112 Å². The molecule has 0 radical (unpaired) electrons. The minimum Gasteiger partial charge on any atom is -0.372 e. The Morgan fingerprint density at radius 2 is 2.37 bits per heavy atom. The molecule has 1 atom stereocenters. The zero-order valence-electron chi connectivity index (χ0n) is 10.9. The first kappa shape index (κ1) is 14.2. The number of carbonyl (C=O) groups excluding carboxylic acids is 1. The van der Waals surface area contributed by atoms with Crippen molar-refractivity contribution in [1.29, 1.82) is 0 Å². The van der Waals surface area contributed by atoms with E-state index in [0.717, 1.165) is 19.1 Å². The molecule has 2 rings (SSSR count). The SMILES string of the molecule is CCS(=O)(=O)CCn1cc(C=O)c(C2CCCO2)n1. The summed E-state index contributed by atoms with van der Waals surface area (Å²) in [6.45, 7) is 2.57. The zero-order chi connectivity index (χ0) is 13.9. The summed E-state index contributed by atoms with van der Waals surface area (Å²) in [5.74, 6) is 0.155. The van der Waals surface area contributed by atoms with Gasteiger partial charge in [-0.15, -0.1) is 0 Å². The first-order valence-electron chi connectivity index (χ1n) is 6.40. The molecular weight excluding hydrogens is 268 g/mol. The van der Waals surface area contributed by atoms with Crippen molar-refractivity contribution in [2.75, 3.05) is 18.1 Å². The molecule has 1 aromatic rings. The predicted octanol–water partition coefficient (Wildman–Crippen LogP) is 0.982. The van der Waals surface area contributed by atoms with Gasteiger partial charge in [0.1, 0.15) is 11.8 Å². The minimum atomic E-state index is -3.03. The lowest BCUT2D eigenvalue weighted by Gasteiger charge is -2.06. The van der Waals surface area contributed by atoms with Crippen LogP contribution in [-0.4, -0.2) is 42.6 Å². The Hall–Kier alpha value is -1.21. The third kappa shape index (κ3) is 3.42. The van der Waals surface area contributed by atoms with E-state index in [1.807, 2.05) is 0 Å². The molecule has 1 aromatic heterocycles. The van der Waals surface area contributed by atoms with Gasteiger partial charge in [-0.3, -0.25) is 9.48 Å². The van der Waals surface area contributed by atoms with Crippen LogP contribution in [0, 0.1) is 0 Å². The van der Waals surface area contributed by atoms with Gasteiger partial charge >= 0.3 is 0 Å². The standard InChI is InChI=1S/C12H18N2O4S/c1-2-19(16,17)7-5-14-8-10(9-15)12(13-14)11-4-3-6-18-11/h8-9,11H,2-7H2,1H3. The maximum Gasteiger partial charge on any atom is 0.153 e. The Morgan fingerprint density at radius 1 is 1.58 bits per heavy atom. The molecule has 0 aliphatic carbocycles. The van der Waals surface area contributed by atoms with Crippen LogP contribution in [0.3, 0.4) is 0 Å². The van der Waals surface area contributed by atoms with E-state index < -0.39 is 9.84 Å². The fourth-order valence-corrected chi connectivity index (χ4v) is 2.83. The van der Waals surface area contributed by atoms with Crippen LogP contribution in [-0.2, 0) is 21.1 Å². The Morgan fingerprint density at radius 3 is 2.95 bits per heavy atom. The summed E-state index contributed by atoms with van der Waals surface area (Å²) in [7, 11) is -3.03. The van der Waals surface area contributed by atoms with Gasteiger partial charge < -0.3 is 4.74 Å². The molecule has 1 aliphatic rings. The molecule has 1 aliphatic heterocycles. The number of sulfone groups is 1. The molecule has 0 bridgehead atoms. The van der Waals surface area contributed by atoms with Crippen LogP contribution in [0.15, 0.2) is 6.20 Å². The van der Waals surface area contributed by atoms with Crippen molar-refractivity contribution in [1.82, 2.24) is 9.78 Å². The minimum absolute atomic E-state index is 0.0362. The van der Waals surface area contributed by atoms with Gasteiger partial charge in [-0.25, -0.2) is 8.42 Å². The van der Waals surface area contributed by atoms with Gasteiger partial charge in [0.15, 0.2) is 16.1 Å². The Bertz CT molecular complexity index is 544. The number of nitrogens with zero attached hydrogens (tertiary/aromatic N) is 2. The van der Waals surface area contributed by atoms with Crippen LogP contribution in [0.5, 0.6) is 0 Å². The van der Waals surface area contributed by atoms with Crippen molar-refractivity contribution in [3.05, 3.63) is 17.5 Å². The van der Waals surface area contributed by atoms with Crippen molar-refractivity contribution in [2.45, 2.75) is 32.4 Å². The number of aromatic nitrogens is 2. The van der Waals surface area contributed by atoms with E-state index in [4.69, 9.17) is 4.74 Å². The lowest BCUT2D eigenvalue weighted by Crippen LogP contribution is -2.15. The van der Waals surface area contributed by atoms with Gasteiger partial charge in [0, 0.05) is 18.6 Å². The lowest BCUT2D eigenvalue weighted by atomic mass is 10.1. The first-order chi connectivity index (χ1) is 9.05. The molecule has 0 saturated carbocycles. The normalized spacial score (nSPS) is 19.7. The summed E-state index contributed by atoms with van der Waals surface area (Å²) in [5, 5.41) is 4.30. The Balaban J connectivity index is 2.12. The number of ether oxygens (including phenoxy) is 1. The molecule has 0 aromatic carbocycles. The molecule has 106 valence electrons. The van der Waals surface area contributed by atoms with Crippen LogP contribution < -0.4 is 0 Å². The molecule has 7 heteroatoms. The number of rotatable bonds is 6. The summed E-state index contributed by atoms with van der Waals surface area (Å²) < 4.78 is 29.9. The van der Waals surface area contributed by atoms with Gasteiger partial charge in [-0.1, -0.05) is 6.92 Å². The fourth-order valence-electron chi connectivity index (χ4n) is 2.08. The number of hydrogen-bond donors (Lipinski definition) is 0. The first-order valence-corrected chi connectivity index (χ1v) is 8.22. The summed E-state index contributed by atoms with van der Waals surface area (Å²) in [4.78, 5) is 11.0.